The molecule has 1 spiro atoms. The van der Waals surface area contributed by atoms with Gasteiger partial charge < -0.3 is 24.6 Å². The Balaban J connectivity index is 0.820. The number of nitrogens with one attached hydrogen (secondary N) is 1. The van der Waals surface area contributed by atoms with E-state index in [1.165, 1.54) is 70.9 Å². The van der Waals surface area contributed by atoms with E-state index in [0.29, 0.717) is 40.6 Å². The van der Waals surface area contributed by atoms with Gasteiger partial charge in [0.1, 0.15) is 6.42 Å². The largest absolute Gasteiger partial charge is 0.353 e. The molecule has 48 heavy (non-hydrogen) atoms. The number of hydrogen-bond acceptors (Lipinski definition) is 6. The van der Waals surface area contributed by atoms with Gasteiger partial charge in [-0.3, -0.25) is 14.5 Å². The standard InChI is InChI=1S/C40H66N4O4/c1-27-9-14-40(47-26-27)28(2)37-34(48-40)24-33-31-8-7-29-23-30(10-12-38(29,3)32(31)11-13-39(33,37)4)41-35(45)25-36(46)44-21-19-43(20-22-44)18-17-42-15-5-6-16-42/h27-34,37H,5-26H2,1-4H3,(H,41,45)/t27-,28+,29-,30+,31-,32+,33+,34+,37+,38+,39+,40-/m1/s1. The average Bonchev–Trinajstić information content (AvgIpc) is 3.77. The number of carbonyl (C=O) groups is 2. The molecule has 0 unspecified atom stereocenters. The zero-order valence-electron chi connectivity index (χ0n) is 30.7. The van der Waals surface area contributed by atoms with Crippen LogP contribution in [0.3, 0.4) is 0 Å². The zero-order chi connectivity index (χ0) is 33.3. The summed E-state index contributed by atoms with van der Waals surface area (Å²) in [5.41, 5.74) is 0.728. The Kier molecular flexibility index (Phi) is 9.24. The van der Waals surface area contributed by atoms with Gasteiger partial charge in [0.05, 0.1) is 12.7 Å². The lowest BCUT2D eigenvalue weighted by Crippen LogP contribution is -2.56. The van der Waals surface area contributed by atoms with Crippen LogP contribution in [0, 0.1) is 52.3 Å². The Morgan fingerprint density at radius 1 is 0.792 bits per heavy atom. The van der Waals surface area contributed by atoms with Gasteiger partial charge in [-0.2, -0.15) is 0 Å². The average molecular weight is 667 g/mol. The first-order chi connectivity index (χ1) is 23.1. The molecule has 8 heteroatoms. The van der Waals surface area contributed by atoms with E-state index < -0.39 is 0 Å². The van der Waals surface area contributed by atoms with Crippen LogP contribution >= 0.6 is 0 Å². The second-order valence-corrected chi connectivity index (χ2v) is 18.7. The van der Waals surface area contributed by atoms with Gasteiger partial charge in [-0.25, -0.2) is 0 Å². The van der Waals surface area contributed by atoms with E-state index in [2.05, 4.69) is 42.8 Å². The maximum absolute atomic E-state index is 13.2. The van der Waals surface area contributed by atoms with E-state index in [4.69, 9.17) is 9.47 Å². The van der Waals surface area contributed by atoms with Crippen molar-refractivity contribution in [1.29, 1.82) is 0 Å². The van der Waals surface area contributed by atoms with E-state index in [0.717, 1.165) is 82.9 Å². The van der Waals surface area contributed by atoms with E-state index in [9.17, 15) is 9.59 Å². The molecule has 4 saturated carbocycles. The highest BCUT2D eigenvalue weighted by molar-refractivity contribution is 5.97. The topological polar surface area (TPSA) is 74.3 Å². The van der Waals surface area contributed by atoms with Crippen LogP contribution < -0.4 is 5.32 Å². The van der Waals surface area contributed by atoms with Crippen molar-refractivity contribution < 1.29 is 19.1 Å². The Bertz CT molecular complexity index is 1190. The number of ether oxygens (including phenoxy) is 2. The number of hydrogen-bond donors (Lipinski definition) is 1. The second kappa shape index (κ2) is 13.1. The molecule has 12 atom stereocenters. The number of carbonyl (C=O) groups excluding carboxylic acids is 2. The maximum Gasteiger partial charge on any atom is 0.232 e. The molecule has 0 aromatic rings. The van der Waals surface area contributed by atoms with E-state index in [-0.39, 0.29) is 30.1 Å². The maximum atomic E-state index is 13.2. The number of rotatable bonds is 6. The van der Waals surface area contributed by atoms with Crippen molar-refractivity contribution >= 4 is 11.8 Å². The quantitative estimate of drug-likeness (QED) is 0.375. The normalized spacial score (nSPS) is 47.8. The van der Waals surface area contributed by atoms with E-state index >= 15 is 0 Å². The van der Waals surface area contributed by atoms with Gasteiger partial charge in [-0.05, 0) is 130 Å². The first-order valence-corrected chi connectivity index (χ1v) is 20.4. The first-order valence-electron chi connectivity index (χ1n) is 20.4. The number of piperazine rings is 1. The van der Waals surface area contributed by atoms with Crippen molar-refractivity contribution in [2.75, 3.05) is 59.0 Å². The van der Waals surface area contributed by atoms with Gasteiger partial charge in [-0.1, -0.05) is 27.7 Å². The molecule has 2 amide bonds. The lowest BCUT2D eigenvalue weighted by molar-refractivity contribution is -0.273. The fraction of sp³-hybridized carbons (Fsp3) is 0.950. The smallest absolute Gasteiger partial charge is 0.232 e. The summed E-state index contributed by atoms with van der Waals surface area (Å²) < 4.78 is 13.5. The van der Waals surface area contributed by atoms with Gasteiger partial charge in [-0.15, -0.1) is 0 Å². The number of nitrogens with zero attached hydrogens (tertiary/aromatic N) is 3. The molecule has 8 aliphatic rings. The van der Waals surface area contributed by atoms with Crippen molar-refractivity contribution in [3.05, 3.63) is 0 Å². The summed E-state index contributed by atoms with van der Waals surface area (Å²) in [6.07, 6.45) is 15.2. The van der Waals surface area contributed by atoms with E-state index in [1.54, 1.807) is 0 Å². The molecular weight excluding hydrogens is 600 g/mol. The summed E-state index contributed by atoms with van der Waals surface area (Å²) in [5.74, 6) is 4.40. The Hall–Kier alpha value is -1.22. The minimum absolute atomic E-state index is 0.00531. The van der Waals surface area contributed by atoms with Crippen molar-refractivity contribution in [1.82, 2.24) is 20.0 Å². The predicted molar refractivity (Wildman–Crippen MR) is 187 cm³/mol. The van der Waals surface area contributed by atoms with Gasteiger partial charge in [0.15, 0.2) is 5.79 Å². The molecule has 0 aromatic heterocycles. The summed E-state index contributed by atoms with van der Waals surface area (Å²) in [5, 5.41) is 3.35. The third-order valence-electron chi connectivity index (χ3n) is 16.3. The summed E-state index contributed by atoms with van der Waals surface area (Å²) in [4.78, 5) is 33.2. The third-order valence-corrected chi connectivity index (χ3v) is 16.3. The monoisotopic (exact) mass is 667 g/mol. The molecule has 0 radical (unpaired) electrons. The first kappa shape index (κ1) is 33.9. The van der Waals surface area contributed by atoms with Crippen LogP contribution in [0.2, 0.25) is 0 Å². The van der Waals surface area contributed by atoms with Crippen molar-refractivity contribution in [3.63, 3.8) is 0 Å². The number of likely N-dealkylation sites (tertiary alicyclic amines) is 1. The summed E-state index contributed by atoms with van der Waals surface area (Å²) in [6, 6.07) is 0.214. The summed E-state index contributed by atoms with van der Waals surface area (Å²) in [6.45, 7) is 18.9. The molecule has 1 N–H and O–H groups in total. The molecular formula is C40H66N4O4. The van der Waals surface area contributed by atoms with Gasteiger partial charge in [0.25, 0.3) is 0 Å². The van der Waals surface area contributed by atoms with Gasteiger partial charge >= 0.3 is 0 Å². The fourth-order valence-electron chi connectivity index (χ4n) is 13.4. The highest BCUT2D eigenvalue weighted by Gasteiger charge is 2.69. The molecule has 8 fully saturated rings. The highest BCUT2D eigenvalue weighted by atomic mass is 16.7. The summed E-state index contributed by atoms with van der Waals surface area (Å²) in [7, 11) is 0. The minimum atomic E-state index is -0.328. The number of amides is 2. The van der Waals surface area contributed by atoms with Crippen LogP contribution in [-0.2, 0) is 19.1 Å². The lowest BCUT2D eigenvalue weighted by atomic mass is 9.44. The van der Waals surface area contributed by atoms with Gasteiger partial charge in [0.2, 0.25) is 11.8 Å². The van der Waals surface area contributed by atoms with Crippen LogP contribution in [-0.4, -0.2) is 103 Å². The number of fused-ring (bicyclic) bond motifs is 7. The fourth-order valence-corrected chi connectivity index (χ4v) is 13.4. The molecule has 270 valence electrons. The molecule has 8 nitrogen and oxygen atoms in total. The van der Waals surface area contributed by atoms with Gasteiger partial charge in [0, 0.05) is 57.6 Å². The van der Waals surface area contributed by atoms with Crippen molar-refractivity contribution in [3.8, 4) is 0 Å². The van der Waals surface area contributed by atoms with Crippen LogP contribution in [0.25, 0.3) is 0 Å². The van der Waals surface area contributed by atoms with Crippen LogP contribution in [0.1, 0.15) is 111 Å². The van der Waals surface area contributed by atoms with E-state index in [1.807, 2.05) is 4.90 Å². The van der Waals surface area contributed by atoms with Crippen LogP contribution in [0.15, 0.2) is 0 Å². The van der Waals surface area contributed by atoms with Crippen molar-refractivity contribution in [2.24, 2.45) is 52.3 Å². The second-order valence-electron chi connectivity index (χ2n) is 18.7. The molecule has 4 aliphatic heterocycles. The lowest BCUT2D eigenvalue weighted by Gasteiger charge is -2.61. The predicted octanol–water partition coefficient (Wildman–Crippen LogP) is 5.55. The molecule has 0 aromatic carbocycles. The van der Waals surface area contributed by atoms with Crippen LogP contribution in [0.4, 0.5) is 0 Å². The van der Waals surface area contributed by atoms with Crippen LogP contribution in [0.5, 0.6) is 0 Å². The SMILES string of the molecule is C[C@@H]1CC[C@@]2(OC1)O[C@H]1C[C@H]3[C@@H]4CC[C@@H]5C[C@@H](NC(=O)CC(=O)N6CCN(CCN7CCCC7)CC6)CC[C@]5(C)[C@H]4CC[C@]3(C)[C@H]1[C@@H]2C. The third kappa shape index (κ3) is 5.88. The molecule has 8 rings (SSSR count). The molecule has 4 heterocycles. The Labute approximate surface area is 290 Å². The minimum Gasteiger partial charge on any atom is -0.353 e. The zero-order valence-corrected chi connectivity index (χ0v) is 30.7. The van der Waals surface area contributed by atoms with Crippen molar-refractivity contribution in [2.45, 2.75) is 129 Å². The Morgan fingerprint density at radius 3 is 2.25 bits per heavy atom. The molecule has 4 saturated heterocycles. The summed E-state index contributed by atoms with van der Waals surface area (Å²) >= 11 is 0. The molecule has 4 aliphatic carbocycles. The Morgan fingerprint density at radius 2 is 1.52 bits per heavy atom. The highest BCUT2D eigenvalue weighted by Crippen LogP contribution is 2.71. The molecule has 0 bridgehead atoms.